The highest BCUT2D eigenvalue weighted by Crippen LogP contribution is 2.43. The van der Waals surface area contributed by atoms with Crippen molar-refractivity contribution in [2.24, 2.45) is 0 Å². The Morgan fingerprint density at radius 1 is 0.918 bits per heavy atom. The molecular weight excluding hydrogens is 646 g/mol. The van der Waals surface area contributed by atoms with Gasteiger partial charge in [0.2, 0.25) is 0 Å². The summed E-state index contributed by atoms with van der Waals surface area (Å²) in [6.45, 7) is 9.35. The van der Waals surface area contributed by atoms with Gasteiger partial charge in [-0.25, -0.2) is 9.78 Å². The maximum absolute atomic E-state index is 13.7. The minimum absolute atomic E-state index is 0.138. The second-order valence-corrected chi connectivity index (χ2v) is 17.9. The van der Waals surface area contributed by atoms with Gasteiger partial charge < -0.3 is 20.0 Å². The summed E-state index contributed by atoms with van der Waals surface area (Å²) in [7, 11) is -2.89. The van der Waals surface area contributed by atoms with Gasteiger partial charge in [0.25, 0.3) is 14.2 Å². The maximum atomic E-state index is 13.7. The molecule has 1 aromatic heterocycles. The molecule has 49 heavy (non-hydrogen) atoms. The Morgan fingerprint density at radius 3 is 1.98 bits per heavy atom. The quantitative estimate of drug-likeness (QED) is 0.176. The number of pyridine rings is 1. The Labute approximate surface area is 287 Å². The fourth-order valence-electron chi connectivity index (χ4n) is 6.69. The molecule has 2 N–H and O–H groups in total. The van der Waals surface area contributed by atoms with Crippen LogP contribution in [-0.2, 0) is 11.0 Å². The molecule has 3 amide bonds. The van der Waals surface area contributed by atoms with E-state index in [-0.39, 0.29) is 29.3 Å². The van der Waals surface area contributed by atoms with Gasteiger partial charge in [0.05, 0.1) is 11.7 Å². The van der Waals surface area contributed by atoms with E-state index in [1.807, 2.05) is 85.9 Å². The zero-order chi connectivity index (χ0) is 35.4. The van der Waals surface area contributed by atoms with Crippen LogP contribution in [-0.4, -0.2) is 55.5 Å². The summed E-state index contributed by atoms with van der Waals surface area (Å²) in [6.07, 6.45) is -4.15. The molecule has 2 heterocycles. The third-order valence-electron chi connectivity index (χ3n) is 8.72. The van der Waals surface area contributed by atoms with Crippen LogP contribution in [0.15, 0.2) is 97.1 Å². The number of urea groups is 1. The number of carbonyl (C=O) groups is 2. The van der Waals surface area contributed by atoms with Crippen molar-refractivity contribution in [2.75, 3.05) is 13.2 Å². The molecule has 7 nitrogen and oxygen atoms in total. The lowest BCUT2D eigenvalue weighted by atomic mass is 9.95. The van der Waals surface area contributed by atoms with Crippen molar-refractivity contribution in [3.05, 3.63) is 114 Å². The topological polar surface area (TPSA) is 83.6 Å². The number of nitrogens with zero attached hydrogens (tertiary/aromatic N) is 2. The first-order valence-corrected chi connectivity index (χ1v) is 18.4. The van der Waals surface area contributed by atoms with Gasteiger partial charge in [0, 0.05) is 30.3 Å². The van der Waals surface area contributed by atoms with Crippen LogP contribution in [0.3, 0.4) is 0 Å². The lowest BCUT2D eigenvalue weighted by Gasteiger charge is -2.43. The molecule has 1 atom stereocenters. The van der Waals surface area contributed by atoms with Crippen molar-refractivity contribution >= 4 is 30.6 Å². The lowest BCUT2D eigenvalue weighted by molar-refractivity contribution is -0.123. The van der Waals surface area contributed by atoms with E-state index in [0.717, 1.165) is 15.9 Å². The number of halogens is 3. The largest absolute Gasteiger partial charge is 0.407 e. The molecule has 1 aliphatic rings. The molecule has 3 aromatic carbocycles. The molecule has 5 rings (SSSR count). The molecule has 258 valence electrons. The van der Waals surface area contributed by atoms with Gasteiger partial charge in [0.1, 0.15) is 12.2 Å². The summed E-state index contributed by atoms with van der Waals surface area (Å²) in [5, 5.41) is 6.95. The monoisotopic (exact) mass is 688 g/mol. The number of fused-ring (bicyclic) bond motifs is 1. The van der Waals surface area contributed by atoms with Gasteiger partial charge in [-0.1, -0.05) is 112 Å². The molecule has 0 radical (unpaired) electrons. The summed E-state index contributed by atoms with van der Waals surface area (Å²) in [5.74, 6) is -0.936. The number of aromatic nitrogens is 1. The van der Waals surface area contributed by atoms with E-state index in [2.05, 4.69) is 55.3 Å². The van der Waals surface area contributed by atoms with E-state index in [0.29, 0.717) is 29.8 Å². The fourth-order valence-corrected chi connectivity index (χ4v) is 11.3. The number of hydrogen-bond acceptors (Lipinski definition) is 4. The summed E-state index contributed by atoms with van der Waals surface area (Å²) in [5.41, 5.74) is 2.40. The van der Waals surface area contributed by atoms with Crippen LogP contribution in [0.5, 0.6) is 0 Å². The van der Waals surface area contributed by atoms with Crippen LogP contribution in [0.4, 0.5) is 18.0 Å². The number of amides is 3. The van der Waals surface area contributed by atoms with E-state index in [1.54, 1.807) is 4.90 Å². The van der Waals surface area contributed by atoms with Gasteiger partial charge >= 0.3 is 12.2 Å². The van der Waals surface area contributed by atoms with E-state index in [4.69, 9.17) is 4.43 Å². The van der Waals surface area contributed by atoms with E-state index in [1.165, 1.54) is 6.07 Å². The van der Waals surface area contributed by atoms with Gasteiger partial charge in [-0.15, -0.1) is 0 Å². The van der Waals surface area contributed by atoms with Crippen LogP contribution >= 0.6 is 0 Å². The molecule has 11 heteroatoms. The fraction of sp³-hybridized carbons (Fsp3) is 0.342. The molecule has 0 saturated carbocycles. The Hall–Kier alpha value is -4.48. The number of nitrogens with one attached hydrogen (secondary N) is 2. The Bertz CT molecular complexity index is 1710. The summed E-state index contributed by atoms with van der Waals surface area (Å²) >= 11 is 0. The molecule has 4 aromatic rings. The number of carbonyl (C=O) groups excluding carboxylic acids is 2. The van der Waals surface area contributed by atoms with Crippen LogP contribution in [0, 0.1) is 0 Å². The first-order chi connectivity index (χ1) is 23.2. The zero-order valence-corrected chi connectivity index (χ0v) is 29.5. The van der Waals surface area contributed by atoms with Crippen molar-refractivity contribution in [2.45, 2.75) is 70.9 Å². The summed E-state index contributed by atoms with van der Waals surface area (Å²) in [6, 6.07) is 30.4. The van der Waals surface area contributed by atoms with Crippen molar-refractivity contribution in [1.29, 1.82) is 0 Å². The Balaban J connectivity index is 1.58. The maximum Gasteiger partial charge on any atom is 0.405 e. The molecule has 0 saturated heterocycles. The molecular formula is C38H43F3N4O3Si. The average Bonchev–Trinajstić information content (AvgIpc) is 3.44. The predicted octanol–water partition coefficient (Wildman–Crippen LogP) is 6.98. The second-order valence-electron chi connectivity index (χ2n) is 13.6. The van der Waals surface area contributed by atoms with E-state index < -0.39 is 33.0 Å². The Kier molecular flexibility index (Phi) is 10.6. The van der Waals surface area contributed by atoms with E-state index >= 15 is 0 Å². The average molecular weight is 689 g/mol. The highest BCUT2D eigenvalue weighted by atomic mass is 28.4. The number of rotatable bonds is 10. The first-order valence-electron chi connectivity index (χ1n) is 16.5. The van der Waals surface area contributed by atoms with Crippen molar-refractivity contribution < 1.29 is 27.2 Å². The minimum atomic E-state index is -4.57. The van der Waals surface area contributed by atoms with Crippen LogP contribution < -0.4 is 21.0 Å². The highest BCUT2D eigenvalue weighted by molar-refractivity contribution is 6.99. The van der Waals surface area contributed by atoms with Crippen molar-refractivity contribution in [3.63, 3.8) is 0 Å². The van der Waals surface area contributed by atoms with Gasteiger partial charge in [0.15, 0.2) is 0 Å². The SMILES string of the molecule is CC(C)NC(=O)N1Cc2cc(C(=O)NCC(F)(F)F)nc(-c3ccccc3)c2C1CCO[Si](c1ccccc1)(c1ccccc1)C(C)(C)C. The Morgan fingerprint density at radius 2 is 1.47 bits per heavy atom. The predicted molar refractivity (Wildman–Crippen MR) is 188 cm³/mol. The number of hydrogen-bond donors (Lipinski definition) is 2. The molecule has 0 fully saturated rings. The second kappa shape index (κ2) is 14.6. The van der Waals surface area contributed by atoms with Crippen LogP contribution in [0.2, 0.25) is 5.04 Å². The molecule has 0 aliphatic carbocycles. The summed E-state index contributed by atoms with van der Waals surface area (Å²) in [4.78, 5) is 33.1. The summed E-state index contributed by atoms with van der Waals surface area (Å²) < 4.78 is 46.2. The molecule has 1 aliphatic heterocycles. The third kappa shape index (κ3) is 7.89. The van der Waals surface area contributed by atoms with Crippen LogP contribution in [0.25, 0.3) is 11.3 Å². The number of alkyl halides is 3. The molecule has 1 unspecified atom stereocenters. The lowest BCUT2D eigenvalue weighted by Crippen LogP contribution is -2.66. The standard InChI is InChI=1S/C38H43F3N4O3Si/c1-26(2)43-36(47)45-24-28-23-31(35(46)42-25-38(39,40)41)44-34(27-15-9-6-10-16-27)33(28)32(45)21-22-48-49(37(3,4)5,29-17-11-7-12-18-29)30-19-13-8-14-20-30/h6-20,23,26,32H,21-22,24-25H2,1-5H3,(H,42,46)(H,43,47). The van der Waals surface area contributed by atoms with Crippen molar-refractivity contribution in [1.82, 2.24) is 20.5 Å². The van der Waals surface area contributed by atoms with Crippen molar-refractivity contribution in [3.8, 4) is 11.3 Å². The van der Waals surface area contributed by atoms with Gasteiger partial charge in [-0.3, -0.25) is 4.79 Å². The van der Waals surface area contributed by atoms with E-state index in [9.17, 15) is 22.8 Å². The third-order valence-corrected chi connectivity index (χ3v) is 13.8. The molecule has 0 bridgehead atoms. The minimum Gasteiger partial charge on any atom is -0.407 e. The number of benzene rings is 3. The first kappa shape index (κ1) is 35.8. The zero-order valence-electron chi connectivity index (χ0n) is 28.5. The smallest absolute Gasteiger partial charge is 0.405 e. The highest BCUT2D eigenvalue weighted by Gasteiger charge is 2.50. The van der Waals surface area contributed by atoms with Gasteiger partial charge in [-0.2, -0.15) is 13.2 Å². The van der Waals surface area contributed by atoms with Crippen LogP contribution in [0.1, 0.15) is 68.7 Å². The molecule has 0 spiro atoms. The normalized spacial score (nSPS) is 14.9. The van der Waals surface area contributed by atoms with Gasteiger partial charge in [-0.05, 0) is 47.3 Å².